The van der Waals surface area contributed by atoms with Gasteiger partial charge in [0.2, 0.25) is 0 Å². The summed E-state index contributed by atoms with van der Waals surface area (Å²) in [4.78, 5) is 25.6. The Morgan fingerprint density at radius 3 is 2.72 bits per heavy atom. The second-order valence-corrected chi connectivity index (χ2v) is 7.11. The van der Waals surface area contributed by atoms with Crippen molar-refractivity contribution in [2.24, 2.45) is 0 Å². The first-order valence-electron chi connectivity index (χ1n) is 8.08. The third-order valence-electron chi connectivity index (χ3n) is 3.84. The van der Waals surface area contributed by atoms with Crippen molar-refractivity contribution in [2.75, 3.05) is 18.5 Å². The van der Waals surface area contributed by atoms with E-state index in [4.69, 9.17) is 21.1 Å². The van der Waals surface area contributed by atoms with E-state index in [2.05, 4.69) is 5.32 Å². The van der Waals surface area contributed by atoms with Crippen LogP contribution in [0.1, 0.15) is 34.1 Å². The van der Waals surface area contributed by atoms with Crippen molar-refractivity contribution in [3.63, 3.8) is 0 Å². The highest BCUT2D eigenvalue weighted by atomic mass is 35.5. The zero-order valence-electron chi connectivity index (χ0n) is 13.8. The Morgan fingerprint density at radius 1 is 1.24 bits per heavy atom. The predicted octanol–water partition coefficient (Wildman–Crippen LogP) is 4.08. The molecule has 0 fully saturated rings. The fourth-order valence-electron chi connectivity index (χ4n) is 2.75. The normalized spacial score (nSPS) is 12.6. The van der Waals surface area contributed by atoms with Gasteiger partial charge in [0, 0.05) is 9.90 Å². The Balaban J connectivity index is 1.68. The van der Waals surface area contributed by atoms with Crippen LogP contribution in [-0.4, -0.2) is 25.1 Å². The van der Waals surface area contributed by atoms with Gasteiger partial charge < -0.3 is 14.8 Å². The molecule has 0 spiro atoms. The van der Waals surface area contributed by atoms with Gasteiger partial charge in [-0.05, 0) is 56.0 Å². The molecule has 3 rings (SSSR count). The minimum Gasteiger partial charge on any atom is -0.484 e. The van der Waals surface area contributed by atoms with E-state index in [0.29, 0.717) is 27.9 Å². The minimum absolute atomic E-state index is 0.146. The number of carbonyl (C=O) groups excluding carboxylic acids is 2. The highest BCUT2D eigenvalue weighted by Crippen LogP contribution is 2.39. The molecule has 1 amide bonds. The topological polar surface area (TPSA) is 64.6 Å². The van der Waals surface area contributed by atoms with Gasteiger partial charge in [-0.15, -0.1) is 11.3 Å². The summed E-state index contributed by atoms with van der Waals surface area (Å²) in [5.74, 6) is -0.143. The van der Waals surface area contributed by atoms with Crippen LogP contribution in [0.15, 0.2) is 24.3 Å². The highest BCUT2D eigenvalue weighted by Gasteiger charge is 2.28. The molecule has 1 heterocycles. The number of ether oxygens (including phenoxy) is 2. The molecule has 0 atom stereocenters. The summed E-state index contributed by atoms with van der Waals surface area (Å²) in [6.07, 6.45) is 2.81. The lowest BCUT2D eigenvalue weighted by Crippen LogP contribution is -2.21. The zero-order chi connectivity index (χ0) is 17.8. The van der Waals surface area contributed by atoms with Gasteiger partial charge in [0.25, 0.3) is 5.91 Å². The number of benzene rings is 1. The summed E-state index contributed by atoms with van der Waals surface area (Å²) in [6, 6.07) is 6.77. The summed E-state index contributed by atoms with van der Waals surface area (Å²) >= 11 is 7.26. The number of esters is 1. The molecule has 0 bridgehead atoms. The van der Waals surface area contributed by atoms with E-state index in [-0.39, 0.29) is 18.5 Å². The van der Waals surface area contributed by atoms with Crippen molar-refractivity contribution in [2.45, 2.75) is 26.2 Å². The van der Waals surface area contributed by atoms with Gasteiger partial charge in [-0.1, -0.05) is 11.6 Å². The smallest absolute Gasteiger partial charge is 0.341 e. The first-order valence-corrected chi connectivity index (χ1v) is 9.27. The third-order valence-corrected chi connectivity index (χ3v) is 5.30. The zero-order valence-corrected chi connectivity index (χ0v) is 15.3. The van der Waals surface area contributed by atoms with E-state index in [0.717, 1.165) is 29.7 Å². The molecular weight excluding hydrogens is 362 g/mol. The van der Waals surface area contributed by atoms with Gasteiger partial charge in [-0.3, -0.25) is 4.79 Å². The number of hydrogen-bond donors (Lipinski definition) is 1. The number of nitrogens with one attached hydrogen (secondary N) is 1. The van der Waals surface area contributed by atoms with Crippen molar-refractivity contribution in [3.05, 3.63) is 45.3 Å². The number of anilines is 1. The Hall–Kier alpha value is -2.05. The Labute approximate surface area is 154 Å². The maximum Gasteiger partial charge on any atom is 0.341 e. The Kier molecular flexibility index (Phi) is 5.60. The van der Waals surface area contributed by atoms with Gasteiger partial charge in [0.15, 0.2) is 6.61 Å². The first-order chi connectivity index (χ1) is 12.1. The third kappa shape index (κ3) is 4.14. The molecule has 0 aliphatic heterocycles. The lowest BCUT2D eigenvalue weighted by molar-refractivity contribution is -0.118. The number of thiophene rings is 1. The number of aryl methyl sites for hydroxylation is 1. The van der Waals surface area contributed by atoms with Crippen LogP contribution in [0.5, 0.6) is 5.75 Å². The summed E-state index contributed by atoms with van der Waals surface area (Å²) in [5, 5.41) is 3.94. The van der Waals surface area contributed by atoms with Crippen molar-refractivity contribution in [1.29, 1.82) is 0 Å². The molecule has 132 valence electrons. The van der Waals surface area contributed by atoms with Crippen LogP contribution < -0.4 is 10.1 Å². The molecule has 0 unspecified atom stereocenters. The lowest BCUT2D eigenvalue weighted by Gasteiger charge is -2.09. The van der Waals surface area contributed by atoms with Crippen LogP contribution in [0.2, 0.25) is 5.02 Å². The first kappa shape index (κ1) is 17.8. The number of amides is 1. The average Bonchev–Trinajstić information content (AvgIpc) is 3.15. The van der Waals surface area contributed by atoms with Gasteiger partial charge in [0.05, 0.1) is 12.2 Å². The number of carbonyl (C=O) groups is 2. The van der Waals surface area contributed by atoms with E-state index in [1.807, 2.05) is 0 Å². The van der Waals surface area contributed by atoms with Crippen molar-refractivity contribution < 1.29 is 19.1 Å². The second kappa shape index (κ2) is 7.89. The summed E-state index contributed by atoms with van der Waals surface area (Å²) < 4.78 is 10.6. The van der Waals surface area contributed by atoms with Gasteiger partial charge >= 0.3 is 5.97 Å². The molecule has 1 aromatic heterocycles. The van der Waals surface area contributed by atoms with Gasteiger partial charge in [0.1, 0.15) is 10.8 Å². The maximum atomic E-state index is 12.3. The molecule has 1 aliphatic carbocycles. The van der Waals surface area contributed by atoms with E-state index < -0.39 is 0 Å². The van der Waals surface area contributed by atoms with E-state index in [9.17, 15) is 9.59 Å². The molecule has 0 saturated carbocycles. The van der Waals surface area contributed by atoms with Crippen LogP contribution in [0.4, 0.5) is 5.00 Å². The van der Waals surface area contributed by atoms with E-state index in [1.54, 1.807) is 31.2 Å². The number of fused-ring (bicyclic) bond motifs is 1. The van der Waals surface area contributed by atoms with Crippen LogP contribution >= 0.6 is 22.9 Å². The molecule has 2 aromatic rings. The highest BCUT2D eigenvalue weighted by molar-refractivity contribution is 7.17. The number of halogens is 1. The Bertz CT molecular complexity index is 785. The monoisotopic (exact) mass is 379 g/mol. The summed E-state index contributed by atoms with van der Waals surface area (Å²) in [6.45, 7) is 1.92. The SMILES string of the molecule is CCOC(=O)c1c(NC(=O)COc2ccc(Cl)cc2)sc2c1CCC2. The van der Waals surface area contributed by atoms with Crippen molar-refractivity contribution in [1.82, 2.24) is 0 Å². The molecule has 1 N–H and O–H groups in total. The second-order valence-electron chi connectivity index (χ2n) is 5.57. The van der Waals surface area contributed by atoms with Crippen LogP contribution in [0, 0.1) is 0 Å². The summed E-state index contributed by atoms with van der Waals surface area (Å²) in [5.41, 5.74) is 1.51. The summed E-state index contributed by atoms with van der Waals surface area (Å²) in [7, 11) is 0. The molecule has 1 aliphatic rings. The van der Waals surface area contributed by atoms with Crippen molar-refractivity contribution in [3.8, 4) is 5.75 Å². The lowest BCUT2D eigenvalue weighted by atomic mass is 10.1. The molecule has 7 heteroatoms. The van der Waals surface area contributed by atoms with Crippen LogP contribution in [0.3, 0.4) is 0 Å². The molecule has 0 saturated heterocycles. The maximum absolute atomic E-state index is 12.3. The van der Waals surface area contributed by atoms with Crippen LogP contribution in [0.25, 0.3) is 0 Å². The Morgan fingerprint density at radius 2 is 2.00 bits per heavy atom. The molecule has 1 aromatic carbocycles. The molecule has 5 nitrogen and oxygen atoms in total. The predicted molar refractivity (Wildman–Crippen MR) is 97.9 cm³/mol. The quantitative estimate of drug-likeness (QED) is 0.768. The van der Waals surface area contributed by atoms with E-state index in [1.165, 1.54) is 11.3 Å². The molecule has 0 radical (unpaired) electrons. The molecular formula is C18H18ClNO4S. The van der Waals surface area contributed by atoms with Gasteiger partial charge in [-0.25, -0.2) is 4.79 Å². The fourth-order valence-corrected chi connectivity index (χ4v) is 4.17. The largest absolute Gasteiger partial charge is 0.484 e. The van der Waals surface area contributed by atoms with Crippen LogP contribution in [-0.2, 0) is 22.4 Å². The standard InChI is InChI=1S/C18H18ClNO4S/c1-2-23-18(22)16-13-4-3-5-14(13)25-17(16)20-15(21)10-24-12-8-6-11(19)7-9-12/h6-9H,2-5,10H2,1H3,(H,20,21). The minimum atomic E-state index is -0.379. The van der Waals surface area contributed by atoms with Gasteiger partial charge in [-0.2, -0.15) is 0 Å². The number of rotatable bonds is 6. The molecule has 25 heavy (non-hydrogen) atoms. The van der Waals surface area contributed by atoms with Crippen molar-refractivity contribution >= 4 is 39.8 Å². The number of hydrogen-bond acceptors (Lipinski definition) is 5. The average molecular weight is 380 g/mol. The fraction of sp³-hybridized carbons (Fsp3) is 0.333. The van der Waals surface area contributed by atoms with E-state index >= 15 is 0 Å².